The molecule has 4 heavy (non-hydrogen) atoms. The van der Waals surface area contributed by atoms with Gasteiger partial charge in [-0.05, 0) is 11.0 Å². The van der Waals surface area contributed by atoms with Gasteiger partial charge >= 0.3 is 94.4 Å². The summed E-state index contributed by atoms with van der Waals surface area (Å²) in [4.78, 5) is 0. The minimum Gasteiger partial charge on any atom is -1.00 e. The van der Waals surface area contributed by atoms with E-state index in [1.165, 1.54) is 0 Å². The van der Waals surface area contributed by atoms with Crippen molar-refractivity contribution >= 4 is 105 Å². The van der Waals surface area contributed by atoms with E-state index in [0.717, 1.165) is 0 Å². The third-order valence-electron chi connectivity index (χ3n) is 0. The second kappa shape index (κ2) is 16.3. The topological polar surface area (TPSA) is 31.5 Å². The summed E-state index contributed by atoms with van der Waals surface area (Å²) in [6.45, 7) is 0. The molecular formula is H10BaOSiSr. The van der Waals surface area contributed by atoms with Gasteiger partial charge < -0.3 is 11.2 Å². The molecule has 1 nitrogen and oxygen atoms in total. The van der Waals surface area contributed by atoms with Gasteiger partial charge in [0.1, 0.15) is 0 Å². The second-order valence-corrected chi connectivity index (χ2v) is 0. The molecule has 0 aromatic rings. The van der Waals surface area contributed by atoms with Gasteiger partial charge in [0, 0.05) is 0 Å². The largest absolute Gasteiger partial charge is 2.00 e. The summed E-state index contributed by atoms with van der Waals surface area (Å²) in [5, 5.41) is 0. The average Bonchev–Trinajstić information content (AvgIpc) is 0. The Morgan fingerprint density at radius 2 is 1.25 bits per heavy atom. The van der Waals surface area contributed by atoms with Crippen molar-refractivity contribution < 1.29 is 11.2 Å². The van der Waals surface area contributed by atoms with Crippen LogP contribution < -0.4 is 0 Å². The van der Waals surface area contributed by atoms with Crippen LogP contribution in [0.5, 0.6) is 0 Å². The zero-order valence-electron chi connectivity index (χ0n) is 5.91. The molecule has 0 fully saturated rings. The number of hydrogen-bond donors (Lipinski definition) is 0. The van der Waals surface area contributed by atoms with Crippen LogP contribution >= 0.6 is 0 Å². The maximum atomic E-state index is 0. The van der Waals surface area contributed by atoms with Crippen LogP contribution in [0.2, 0.25) is 0 Å². The Kier molecular flexibility index (Phi) is 110. The third kappa shape index (κ3) is 8.97. The van der Waals surface area contributed by atoms with Crippen molar-refractivity contribution in [3.8, 4) is 0 Å². The van der Waals surface area contributed by atoms with Crippen LogP contribution in [0.3, 0.4) is 0 Å². The molecule has 0 saturated heterocycles. The number of rotatable bonds is 0. The first-order valence-electron chi connectivity index (χ1n) is 0. The van der Waals surface area contributed by atoms with E-state index in [9.17, 15) is 0 Å². The molecule has 0 amide bonds. The SMILES string of the molecule is O.[Ba+2].[H-].[H-].[H-].[H-].[SiH4].[Sr+2]. The zero-order valence-corrected chi connectivity index (χ0v) is 9.83. The third-order valence-corrected chi connectivity index (χ3v) is 0. The zero-order chi connectivity index (χ0) is 0. The normalized spacial score (nSPS) is 0. The van der Waals surface area contributed by atoms with Gasteiger partial charge in [-0.3, -0.25) is 0 Å². The van der Waals surface area contributed by atoms with E-state index >= 15 is 0 Å². The summed E-state index contributed by atoms with van der Waals surface area (Å²) in [5.74, 6) is 0. The van der Waals surface area contributed by atoms with E-state index < -0.39 is 0 Å². The van der Waals surface area contributed by atoms with Gasteiger partial charge in [-0.15, -0.1) is 0 Å². The van der Waals surface area contributed by atoms with E-state index in [4.69, 9.17) is 0 Å². The molecule has 0 saturated carbocycles. The summed E-state index contributed by atoms with van der Waals surface area (Å²) in [6, 6.07) is 0. The molecule has 0 bridgehead atoms. The van der Waals surface area contributed by atoms with E-state index in [0.29, 0.717) is 0 Å². The van der Waals surface area contributed by atoms with Gasteiger partial charge in [-0.1, -0.05) is 0 Å². The molecule has 0 radical (unpaired) electrons. The van der Waals surface area contributed by atoms with Crippen molar-refractivity contribution in [3.63, 3.8) is 0 Å². The van der Waals surface area contributed by atoms with Crippen molar-refractivity contribution in [1.29, 1.82) is 0 Å². The Labute approximate surface area is 114 Å². The average molecular weight is 279 g/mol. The van der Waals surface area contributed by atoms with Crippen molar-refractivity contribution in [1.82, 2.24) is 0 Å². The molecule has 0 atom stereocenters. The Balaban J connectivity index is 0. The smallest absolute Gasteiger partial charge is 1.00 e. The van der Waals surface area contributed by atoms with Crippen LogP contribution in [0.4, 0.5) is 0 Å². The summed E-state index contributed by atoms with van der Waals surface area (Å²) < 4.78 is 0. The summed E-state index contributed by atoms with van der Waals surface area (Å²) in [7, 11) is 0. The molecule has 0 aromatic heterocycles. The molecule has 0 aliphatic rings. The summed E-state index contributed by atoms with van der Waals surface area (Å²) >= 11 is 0. The van der Waals surface area contributed by atoms with E-state index in [1.54, 1.807) is 0 Å². The Hall–Kier alpha value is 3.23. The van der Waals surface area contributed by atoms with Gasteiger partial charge in [0.15, 0.2) is 0 Å². The molecule has 0 unspecified atom stereocenters. The van der Waals surface area contributed by atoms with Crippen molar-refractivity contribution in [2.24, 2.45) is 0 Å². The van der Waals surface area contributed by atoms with Gasteiger partial charge in [-0.25, -0.2) is 0 Å². The van der Waals surface area contributed by atoms with Crippen molar-refractivity contribution in [2.75, 3.05) is 0 Å². The number of hydrogen-bond acceptors (Lipinski definition) is 0. The molecule has 24 valence electrons. The monoisotopic (exact) mass is 280 g/mol. The molecule has 4 heteroatoms. The molecular weight excluding hydrogens is 269 g/mol. The standard InChI is InChI=1S/Ba.H2O.H4Si.Sr.4H/h;1H2;1H4;;;;;/q+2;;;+2;4*-1. The first-order chi connectivity index (χ1) is 0. The molecule has 0 aliphatic heterocycles. The van der Waals surface area contributed by atoms with Crippen LogP contribution in [0, 0.1) is 0 Å². The fraction of sp³-hybridized carbons (Fsp3) is 0. The van der Waals surface area contributed by atoms with Crippen LogP contribution in [0.25, 0.3) is 0 Å². The minimum absolute atomic E-state index is 0. The molecule has 0 heterocycles. The van der Waals surface area contributed by atoms with Gasteiger partial charge in [0.2, 0.25) is 0 Å². The van der Waals surface area contributed by atoms with Gasteiger partial charge in [0.05, 0.1) is 0 Å². The Bertz CT molecular complexity index is 16.0. The molecule has 0 spiro atoms. The first-order valence-corrected chi connectivity index (χ1v) is 0. The van der Waals surface area contributed by atoms with Gasteiger partial charge in [0.25, 0.3) is 0 Å². The molecule has 0 aromatic carbocycles. The van der Waals surface area contributed by atoms with Crippen molar-refractivity contribution in [2.45, 2.75) is 0 Å². The summed E-state index contributed by atoms with van der Waals surface area (Å²) in [6.07, 6.45) is 0. The van der Waals surface area contributed by atoms with Gasteiger partial charge in [-0.2, -0.15) is 0 Å². The minimum atomic E-state index is 0. The fourth-order valence-electron chi connectivity index (χ4n) is 0. The van der Waals surface area contributed by atoms with Crippen LogP contribution in [-0.2, 0) is 0 Å². The maximum absolute atomic E-state index is 0. The van der Waals surface area contributed by atoms with Crippen molar-refractivity contribution in [3.05, 3.63) is 0 Å². The second-order valence-electron chi connectivity index (χ2n) is 0. The quantitative estimate of drug-likeness (QED) is 0.436. The predicted molar refractivity (Wildman–Crippen MR) is 30.9 cm³/mol. The molecule has 0 rings (SSSR count). The van der Waals surface area contributed by atoms with E-state index in [-0.39, 0.29) is 117 Å². The maximum Gasteiger partial charge on any atom is 2.00 e. The first kappa shape index (κ1) is 26.9. The fourth-order valence-corrected chi connectivity index (χ4v) is 0. The Morgan fingerprint density at radius 3 is 1.25 bits per heavy atom. The molecule has 2 N–H and O–H groups in total. The van der Waals surface area contributed by atoms with E-state index in [2.05, 4.69) is 0 Å². The predicted octanol–water partition coefficient (Wildman–Crippen LogP) is -2.59. The molecule has 0 aliphatic carbocycles. The summed E-state index contributed by atoms with van der Waals surface area (Å²) in [5.41, 5.74) is 0. The Morgan fingerprint density at radius 1 is 1.25 bits per heavy atom. The van der Waals surface area contributed by atoms with E-state index in [1.807, 2.05) is 0 Å². The van der Waals surface area contributed by atoms with Crippen LogP contribution in [-0.4, -0.2) is 111 Å². The van der Waals surface area contributed by atoms with Crippen LogP contribution in [0.1, 0.15) is 5.71 Å². The van der Waals surface area contributed by atoms with Crippen LogP contribution in [0.15, 0.2) is 0 Å².